The van der Waals surface area contributed by atoms with Crippen molar-refractivity contribution < 1.29 is 9.21 Å². The Morgan fingerprint density at radius 3 is 3.00 bits per heavy atom. The quantitative estimate of drug-likeness (QED) is 0.790. The van der Waals surface area contributed by atoms with Crippen molar-refractivity contribution in [1.29, 1.82) is 0 Å². The van der Waals surface area contributed by atoms with Crippen molar-refractivity contribution in [3.05, 3.63) is 35.1 Å². The molecular formula is C15H16N4O3. The van der Waals surface area contributed by atoms with Crippen molar-refractivity contribution in [1.82, 2.24) is 19.5 Å². The molecule has 0 spiro atoms. The first-order valence-electron chi connectivity index (χ1n) is 7.46. The lowest BCUT2D eigenvalue weighted by molar-refractivity contribution is -0.122. The maximum atomic E-state index is 12.4. The lowest BCUT2D eigenvalue weighted by atomic mass is 10.2. The number of aromatic nitrogens is 3. The number of hydrogen-bond acceptors (Lipinski definition) is 4. The van der Waals surface area contributed by atoms with Crippen LogP contribution in [0.4, 0.5) is 0 Å². The first kappa shape index (κ1) is 13.1. The molecule has 3 heterocycles. The first-order chi connectivity index (χ1) is 10.7. The molecule has 0 aliphatic heterocycles. The molecule has 0 unspecified atom stereocenters. The molecule has 1 aliphatic rings. The molecule has 22 heavy (non-hydrogen) atoms. The highest BCUT2D eigenvalue weighted by Crippen LogP contribution is 2.18. The molecule has 1 fully saturated rings. The van der Waals surface area contributed by atoms with Gasteiger partial charge in [-0.3, -0.25) is 14.0 Å². The second-order valence-corrected chi connectivity index (χ2v) is 5.71. The molecule has 7 heteroatoms. The Bertz CT molecular complexity index is 898. The van der Waals surface area contributed by atoms with Crippen LogP contribution in [0.3, 0.4) is 0 Å². The smallest absolute Gasteiger partial charge is 0.291 e. The number of carbonyl (C=O) groups excluding carboxylic acids is 1. The van der Waals surface area contributed by atoms with Crippen LogP contribution in [0.5, 0.6) is 0 Å². The van der Waals surface area contributed by atoms with Crippen LogP contribution in [0.25, 0.3) is 16.6 Å². The number of carbonyl (C=O) groups is 1. The molecule has 1 aliphatic carbocycles. The van der Waals surface area contributed by atoms with Gasteiger partial charge in [0.25, 0.3) is 5.56 Å². The van der Waals surface area contributed by atoms with Crippen LogP contribution in [0.2, 0.25) is 0 Å². The van der Waals surface area contributed by atoms with Crippen molar-refractivity contribution in [2.24, 2.45) is 0 Å². The molecule has 0 aromatic carbocycles. The lowest BCUT2D eigenvalue weighted by Crippen LogP contribution is -2.38. The second-order valence-electron chi connectivity index (χ2n) is 5.71. The van der Waals surface area contributed by atoms with Gasteiger partial charge in [-0.25, -0.2) is 4.68 Å². The van der Waals surface area contributed by atoms with E-state index < -0.39 is 0 Å². The fourth-order valence-electron chi connectivity index (χ4n) is 3.12. The summed E-state index contributed by atoms with van der Waals surface area (Å²) in [4.78, 5) is 24.5. The fraction of sp³-hybridized carbons (Fsp3) is 0.400. The monoisotopic (exact) mass is 300 g/mol. The molecule has 0 atom stereocenters. The molecule has 1 saturated carbocycles. The highest BCUT2D eigenvalue weighted by Gasteiger charge is 2.18. The number of nitrogens with one attached hydrogen (secondary N) is 1. The van der Waals surface area contributed by atoms with E-state index in [1.54, 1.807) is 22.8 Å². The van der Waals surface area contributed by atoms with Crippen LogP contribution in [0, 0.1) is 0 Å². The predicted octanol–water partition coefficient (Wildman–Crippen LogP) is 1.30. The SMILES string of the molecule is O=C(Cn1ncn2c(cc3occc32)c1=O)NC1CCCC1. The average Bonchev–Trinajstić information content (AvgIpc) is 3.18. The molecule has 114 valence electrons. The number of rotatable bonds is 3. The van der Waals surface area contributed by atoms with Gasteiger partial charge in [-0.2, -0.15) is 5.10 Å². The minimum absolute atomic E-state index is 0.0572. The molecule has 0 radical (unpaired) electrons. The maximum absolute atomic E-state index is 12.4. The van der Waals surface area contributed by atoms with E-state index in [0.29, 0.717) is 11.1 Å². The molecular weight excluding hydrogens is 284 g/mol. The van der Waals surface area contributed by atoms with Crippen LogP contribution in [0.15, 0.2) is 33.9 Å². The zero-order valence-corrected chi connectivity index (χ0v) is 12.0. The Morgan fingerprint density at radius 2 is 2.18 bits per heavy atom. The number of hydrogen-bond donors (Lipinski definition) is 1. The third-order valence-corrected chi connectivity index (χ3v) is 4.23. The predicted molar refractivity (Wildman–Crippen MR) is 79.6 cm³/mol. The second kappa shape index (κ2) is 5.01. The molecule has 1 N–H and O–H groups in total. The van der Waals surface area contributed by atoms with Gasteiger partial charge >= 0.3 is 0 Å². The van der Waals surface area contributed by atoms with Gasteiger partial charge in [-0.05, 0) is 12.8 Å². The minimum atomic E-state index is -0.296. The van der Waals surface area contributed by atoms with E-state index in [1.807, 2.05) is 0 Å². The van der Waals surface area contributed by atoms with Crippen LogP contribution in [0.1, 0.15) is 25.7 Å². The lowest BCUT2D eigenvalue weighted by Gasteiger charge is -2.12. The van der Waals surface area contributed by atoms with E-state index in [0.717, 1.165) is 31.2 Å². The van der Waals surface area contributed by atoms with Gasteiger partial charge in [-0.1, -0.05) is 12.8 Å². The molecule has 4 rings (SSSR count). The summed E-state index contributed by atoms with van der Waals surface area (Å²) < 4.78 is 8.16. The highest BCUT2D eigenvalue weighted by molar-refractivity contribution is 5.82. The zero-order chi connectivity index (χ0) is 15.1. The number of furan rings is 1. The van der Waals surface area contributed by atoms with E-state index in [4.69, 9.17) is 4.42 Å². The zero-order valence-electron chi connectivity index (χ0n) is 12.0. The summed E-state index contributed by atoms with van der Waals surface area (Å²) >= 11 is 0. The van der Waals surface area contributed by atoms with Crippen molar-refractivity contribution in [3.8, 4) is 0 Å². The van der Waals surface area contributed by atoms with Crippen LogP contribution in [-0.2, 0) is 11.3 Å². The highest BCUT2D eigenvalue weighted by atomic mass is 16.3. The number of fused-ring (bicyclic) bond motifs is 3. The Kier molecular flexibility index (Phi) is 2.99. The Balaban J connectivity index is 1.62. The maximum Gasteiger partial charge on any atom is 0.291 e. The van der Waals surface area contributed by atoms with Crippen molar-refractivity contribution >= 4 is 22.5 Å². The largest absolute Gasteiger partial charge is 0.463 e. The van der Waals surface area contributed by atoms with Crippen molar-refractivity contribution in [2.75, 3.05) is 0 Å². The van der Waals surface area contributed by atoms with Crippen LogP contribution in [-0.4, -0.2) is 26.1 Å². The standard InChI is InChI=1S/C15H16N4O3/c20-14(17-10-3-1-2-4-10)8-19-15(21)12-7-13-11(5-6-22-13)18(12)9-16-19/h5-7,9-10H,1-4,8H2,(H,17,20). The number of nitrogens with zero attached hydrogens (tertiary/aromatic N) is 3. The fourth-order valence-corrected chi connectivity index (χ4v) is 3.12. The van der Waals surface area contributed by atoms with Crippen molar-refractivity contribution in [2.45, 2.75) is 38.3 Å². The normalized spacial score (nSPS) is 15.8. The van der Waals surface area contributed by atoms with E-state index >= 15 is 0 Å². The Morgan fingerprint density at radius 1 is 1.36 bits per heavy atom. The van der Waals surface area contributed by atoms with Gasteiger partial charge in [0.15, 0.2) is 5.58 Å². The van der Waals surface area contributed by atoms with Crippen LogP contribution >= 0.6 is 0 Å². The first-order valence-corrected chi connectivity index (χ1v) is 7.46. The third kappa shape index (κ3) is 2.09. The van der Waals surface area contributed by atoms with E-state index in [2.05, 4.69) is 10.4 Å². The van der Waals surface area contributed by atoms with Crippen LogP contribution < -0.4 is 10.9 Å². The van der Waals surface area contributed by atoms with Gasteiger partial charge < -0.3 is 9.73 Å². The molecule has 7 nitrogen and oxygen atoms in total. The molecule has 0 bridgehead atoms. The summed E-state index contributed by atoms with van der Waals surface area (Å²) in [6.45, 7) is -0.0572. The van der Waals surface area contributed by atoms with Gasteiger partial charge in [0.2, 0.25) is 5.91 Å². The summed E-state index contributed by atoms with van der Waals surface area (Å²) in [6, 6.07) is 3.69. The summed E-state index contributed by atoms with van der Waals surface area (Å²) in [5.74, 6) is -0.166. The minimum Gasteiger partial charge on any atom is -0.463 e. The van der Waals surface area contributed by atoms with E-state index in [1.165, 1.54) is 11.0 Å². The molecule has 3 aromatic heterocycles. The summed E-state index contributed by atoms with van der Waals surface area (Å²) in [5, 5.41) is 7.05. The Hall–Kier alpha value is -2.57. The molecule has 3 aromatic rings. The molecule has 1 amide bonds. The Labute approximate surface area is 125 Å². The van der Waals surface area contributed by atoms with Gasteiger partial charge in [0.1, 0.15) is 18.4 Å². The van der Waals surface area contributed by atoms with Gasteiger partial charge in [0, 0.05) is 18.2 Å². The molecule has 0 saturated heterocycles. The summed E-state index contributed by atoms with van der Waals surface area (Å²) in [7, 11) is 0. The summed E-state index contributed by atoms with van der Waals surface area (Å²) in [6.07, 6.45) is 7.44. The average molecular weight is 300 g/mol. The summed E-state index contributed by atoms with van der Waals surface area (Å²) in [5.41, 5.74) is 1.59. The van der Waals surface area contributed by atoms with E-state index in [-0.39, 0.29) is 24.1 Å². The van der Waals surface area contributed by atoms with E-state index in [9.17, 15) is 9.59 Å². The van der Waals surface area contributed by atoms with Crippen molar-refractivity contribution in [3.63, 3.8) is 0 Å². The third-order valence-electron chi connectivity index (χ3n) is 4.23. The number of amides is 1. The van der Waals surface area contributed by atoms with Gasteiger partial charge in [0.05, 0.1) is 11.8 Å². The topological polar surface area (TPSA) is 81.5 Å². The van der Waals surface area contributed by atoms with Gasteiger partial charge in [-0.15, -0.1) is 0 Å².